The van der Waals surface area contributed by atoms with Crippen LogP contribution in [0, 0.1) is 0 Å². The topological polar surface area (TPSA) is 50.4 Å². The molecule has 1 aliphatic rings. The lowest BCUT2D eigenvalue weighted by molar-refractivity contribution is 0.188. The molecule has 1 aliphatic heterocycles. The Morgan fingerprint density at radius 2 is 2.21 bits per heavy atom. The van der Waals surface area contributed by atoms with Crippen molar-refractivity contribution in [3.8, 4) is 0 Å². The van der Waals surface area contributed by atoms with Crippen molar-refractivity contribution in [2.75, 3.05) is 13.2 Å². The molecule has 2 rings (SSSR count). The van der Waals surface area contributed by atoms with Crippen LogP contribution in [-0.2, 0) is 11.2 Å². The Morgan fingerprint density at radius 1 is 1.47 bits per heavy atom. The largest absolute Gasteiger partial charge is 0.379 e. The Kier molecular flexibility index (Phi) is 5.22. The molecule has 0 saturated carbocycles. The molecule has 1 fully saturated rings. The first-order valence-corrected chi connectivity index (χ1v) is 7.32. The highest BCUT2D eigenvalue weighted by molar-refractivity contribution is 9.10. The maximum atomic E-state index is 11.8. The van der Waals surface area contributed by atoms with Gasteiger partial charge in [0.1, 0.15) is 0 Å². The molecule has 0 aromatic heterocycles. The number of hydrogen-bond donors (Lipinski definition) is 2. The summed E-state index contributed by atoms with van der Waals surface area (Å²) in [4.78, 5) is 11.8. The Morgan fingerprint density at radius 3 is 2.84 bits per heavy atom. The first kappa shape index (κ1) is 14.3. The van der Waals surface area contributed by atoms with Gasteiger partial charge in [0.2, 0.25) is 0 Å². The van der Waals surface area contributed by atoms with Gasteiger partial charge in [-0.15, -0.1) is 0 Å². The quantitative estimate of drug-likeness (QED) is 0.893. The lowest BCUT2D eigenvalue weighted by Gasteiger charge is -2.17. The van der Waals surface area contributed by atoms with Gasteiger partial charge >= 0.3 is 6.03 Å². The van der Waals surface area contributed by atoms with E-state index in [1.165, 1.54) is 5.56 Å². The van der Waals surface area contributed by atoms with Gasteiger partial charge in [0.15, 0.2) is 0 Å². The summed E-state index contributed by atoms with van der Waals surface area (Å²) < 4.78 is 6.29. The van der Waals surface area contributed by atoms with Gasteiger partial charge in [-0.25, -0.2) is 4.79 Å². The minimum atomic E-state index is -0.111. The zero-order valence-corrected chi connectivity index (χ0v) is 12.6. The summed E-state index contributed by atoms with van der Waals surface area (Å²) in [7, 11) is 0. The molecular formula is C14H19BrN2O2. The molecule has 1 aromatic carbocycles. The van der Waals surface area contributed by atoms with Gasteiger partial charge in [0.25, 0.3) is 0 Å². The van der Waals surface area contributed by atoms with Crippen LogP contribution in [0.3, 0.4) is 0 Å². The third-order valence-electron chi connectivity index (χ3n) is 3.10. The minimum Gasteiger partial charge on any atom is -0.379 e. The number of rotatable bonds is 4. The number of carbonyl (C=O) groups excluding carboxylic acids is 1. The lowest BCUT2D eigenvalue weighted by Crippen LogP contribution is -2.46. The number of nitrogens with one attached hydrogen (secondary N) is 2. The van der Waals surface area contributed by atoms with Crippen LogP contribution in [0.1, 0.15) is 18.9 Å². The van der Waals surface area contributed by atoms with E-state index in [-0.39, 0.29) is 18.1 Å². The molecule has 19 heavy (non-hydrogen) atoms. The fourth-order valence-electron chi connectivity index (χ4n) is 2.12. The van der Waals surface area contributed by atoms with Crippen molar-refractivity contribution in [2.45, 2.75) is 31.8 Å². The molecule has 4 nitrogen and oxygen atoms in total. The standard InChI is InChI=1S/C14H19BrN2O2/c1-10(8-11-2-4-12(15)5-3-11)16-14(18)17-13-6-7-19-9-13/h2-5,10,13H,6-9H2,1H3,(H2,16,17,18)/t10-,13+/m1/s1. The van der Waals surface area contributed by atoms with Crippen molar-refractivity contribution in [1.29, 1.82) is 0 Å². The van der Waals surface area contributed by atoms with Crippen LogP contribution in [0.2, 0.25) is 0 Å². The number of halogens is 1. The van der Waals surface area contributed by atoms with E-state index in [1.807, 2.05) is 19.1 Å². The van der Waals surface area contributed by atoms with Crippen LogP contribution in [0.25, 0.3) is 0 Å². The van der Waals surface area contributed by atoms with Crippen molar-refractivity contribution in [1.82, 2.24) is 10.6 Å². The zero-order valence-electron chi connectivity index (χ0n) is 11.0. The molecular weight excluding hydrogens is 308 g/mol. The Labute approximate surface area is 122 Å². The van der Waals surface area contributed by atoms with Crippen molar-refractivity contribution in [2.24, 2.45) is 0 Å². The van der Waals surface area contributed by atoms with Crippen molar-refractivity contribution < 1.29 is 9.53 Å². The smallest absolute Gasteiger partial charge is 0.315 e. The fourth-order valence-corrected chi connectivity index (χ4v) is 2.39. The van der Waals surface area contributed by atoms with Crippen molar-refractivity contribution in [3.63, 3.8) is 0 Å². The summed E-state index contributed by atoms with van der Waals surface area (Å²) in [5.74, 6) is 0. The van der Waals surface area contributed by atoms with Crippen LogP contribution >= 0.6 is 15.9 Å². The molecule has 0 aliphatic carbocycles. The van der Waals surface area contributed by atoms with Gasteiger partial charge in [-0.3, -0.25) is 0 Å². The van der Waals surface area contributed by atoms with Crippen molar-refractivity contribution >= 4 is 22.0 Å². The molecule has 1 saturated heterocycles. The number of ether oxygens (including phenoxy) is 1. The second kappa shape index (κ2) is 6.91. The van der Waals surface area contributed by atoms with E-state index in [0.717, 1.165) is 23.9 Å². The first-order chi connectivity index (χ1) is 9.13. The lowest BCUT2D eigenvalue weighted by atomic mass is 10.1. The van der Waals surface area contributed by atoms with Gasteiger partial charge in [-0.2, -0.15) is 0 Å². The molecule has 2 N–H and O–H groups in total. The number of hydrogen-bond acceptors (Lipinski definition) is 2. The molecule has 0 radical (unpaired) electrons. The van der Waals surface area contributed by atoms with Gasteiger partial charge in [-0.05, 0) is 37.5 Å². The van der Waals surface area contributed by atoms with Crippen molar-refractivity contribution in [3.05, 3.63) is 34.3 Å². The monoisotopic (exact) mass is 326 g/mol. The Balaban J connectivity index is 1.75. The van der Waals surface area contributed by atoms with Crippen LogP contribution in [0.15, 0.2) is 28.7 Å². The molecule has 0 bridgehead atoms. The van der Waals surface area contributed by atoms with Gasteiger partial charge in [-0.1, -0.05) is 28.1 Å². The van der Waals surface area contributed by atoms with E-state index in [0.29, 0.717) is 6.61 Å². The molecule has 1 aromatic rings. The summed E-state index contributed by atoms with van der Waals surface area (Å²) in [5.41, 5.74) is 1.21. The molecule has 104 valence electrons. The normalized spacial score (nSPS) is 20.0. The van der Waals surface area contributed by atoms with Crippen LogP contribution in [0.4, 0.5) is 4.79 Å². The van der Waals surface area contributed by atoms with E-state index >= 15 is 0 Å². The van der Waals surface area contributed by atoms with Gasteiger partial charge < -0.3 is 15.4 Å². The third kappa shape index (κ3) is 4.84. The third-order valence-corrected chi connectivity index (χ3v) is 3.63. The van der Waals surface area contributed by atoms with E-state index in [4.69, 9.17) is 4.74 Å². The van der Waals surface area contributed by atoms with Gasteiger partial charge in [0.05, 0.1) is 12.6 Å². The molecule has 0 spiro atoms. The molecule has 2 atom stereocenters. The highest BCUT2D eigenvalue weighted by Crippen LogP contribution is 2.11. The minimum absolute atomic E-state index is 0.100. The van der Waals surface area contributed by atoms with E-state index in [1.54, 1.807) is 0 Å². The van der Waals surface area contributed by atoms with Gasteiger partial charge in [0, 0.05) is 17.1 Å². The SMILES string of the molecule is C[C@H](Cc1ccc(Br)cc1)NC(=O)N[C@H]1CCOC1. The number of benzene rings is 1. The molecule has 5 heteroatoms. The number of urea groups is 1. The highest BCUT2D eigenvalue weighted by Gasteiger charge is 2.18. The summed E-state index contributed by atoms with van der Waals surface area (Å²) in [6.45, 7) is 3.36. The number of amides is 2. The predicted octanol–water partition coefficient (Wildman–Crippen LogP) is 2.47. The Hall–Kier alpha value is -1.07. The summed E-state index contributed by atoms with van der Waals surface area (Å²) in [6, 6.07) is 8.29. The molecule has 1 heterocycles. The average molecular weight is 327 g/mol. The van der Waals surface area contributed by atoms with E-state index in [9.17, 15) is 4.79 Å². The Bertz CT molecular complexity index is 416. The van der Waals surface area contributed by atoms with E-state index in [2.05, 4.69) is 38.7 Å². The maximum absolute atomic E-state index is 11.8. The first-order valence-electron chi connectivity index (χ1n) is 6.52. The predicted molar refractivity (Wildman–Crippen MR) is 78.2 cm³/mol. The maximum Gasteiger partial charge on any atom is 0.315 e. The summed E-state index contributed by atoms with van der Waals surface area (Å²) >= 11 is 3.41. The fraction of sp³-hybridized carbons (Fsp3) is 0.500. The number of carbonyl (C=O) groups is 1. The zero-order chi connectivity index (χ0) is 13.7. The molecule has 2 amide bonds. The molecule has 0 unspecified atom stereocenters. The second-order valence-corrected chi connectivity index (χ2v) is 5.83. The van der Waals surface area contributed by atoms with Crippen LogP contribution < -0.4 is 10.6 Å². The average Bonchev–Trinajstić information content (AvgIpc) is 2.84. The summed E-state index contributed by atoms with van der Waals surface area (Å²) in [5, 5.41) is 5.87. The second-order valence-electron chi connectivity index (χ2n) is 4.91. The van der Waals surface area contributed by atoms with Crippen LogP contribution in [0.5, 0.6) is 0 Å². The summed E-state index contributed by atoms with van der Waals surface area (Å²) in [6.07, 6.45) is 1.72. The van der Waals surface area contributed by atoms with Crippen LogP contribution in [-0.4, -0.2) is 31.3 Å². The highest BCUT2D eigenvalue weighted by atomic mass is 79.9. The van der Waals surface area contributed by atoms with E-state index < -0.39 is 0 Å².